The maximum absolute atomic E-state index is 11.4. The van der Waals surface area contributed by atoms with Crippen LogP contribution >= 0.6 is 11.6 Å². The van der Waals surface area contributed by atoms with Crippen LogP contribution in [0.5, 0.6) is 0 Å². The smallest absolute Gasteiger partial charge is 0.288 e. The van der Waals surface area contributed by atoms with Crippen molar-refractivity contribution in [2.24, 2.45) is 5.73 Å². The van der Waals surface area contributed by atoms with Gasteiger partial charge in [0.2, 0.25) is 5.76 Å². The molecule has 0 aromatic carbocycles. The molecule has 1 aromatic heterocycles. The summed E-state index contributed by atoms with van der Waals surface area (Å²) in [6, 6.07) is 1.52. The Bertz CT molecular complexity index is 328. The van der Waals surface area contributed by atoms with Crippen molar-refractivity contribution in [1.82, 2.24) is 5.32 Å². The molecule has 0 bridgehead atoms. The van der Waals surface area contributed by atoms with Gasteiger partial charge >= 0.3 is 0 Å². The molecule has 1 heterocycles. The van der Waals surface area contributed by atoms with Gasteiger partial charge in [-0.3, -0.25) is 4.79 Å². The van der Waals surface area contributed by atoms with E-state index in [4.69, 9.17) is 21.8 Å². The molecule has 4 nitrogen and oxygen atoms in total. The normalized spacial score (nSPS) is 11.4. The van der Waals surface area contributed by atoms with Gasteiger partial charge < -0.3 is 15.5 Å². The maximum atomic E-state index is 11.4. The summed E-state index contributed by atoms with van der Waals surface area (Å²) in [5.41, 5.74) is 5.25. The Balaban J connectivity index is 2.56. The lowest BCUT2D eigenvalue weighted by Gasteiger charge is -2.18. The number of nitrogens with two attached hydrogens (primary N) is 1. The van der Waals surface area contributed by atoms with Crippen molar-refractivity contribution in [2.45, 2.75) is 19.4 Å². The largest absolute Gasteiger partial charge is 0.458 e. The second kappa shape index (κ2) is 4.02. The molecule has 78 valence electrons. The molecule has 3 N–H and O–H groups in total. The molecule has 0 atom stereocenters. The molecule has 1 aromatic rings. The number of carbonyl (C=O) groups is 1. The standard InChI is InChI=1S/C9H13ClN2O2/c1-9(2,11)5-12-8(13)7-6(10)3-4-14-7/h3-4H,5,11H2,1-2H3,(H,12,13). The summed E-state index contributed by atoms with van der Waals surface area (Å²) in [4.78, 5) is 11.4. The average Bonchev–Trinajstić information content (AvgIpc) is 2.46. The third-order valence-corrected chi connectivity index (χ3v) is 1.83. The van der Waals surface area contributed by atoms with Crippen LogP contribution in [0.15, 0.2) is 16.7 Å². The van der Waals surface area contributed by atoms with E-state index in [-0.39, 0.29) is 11.7 Å². The van der Waals surface area contributed by atoms with Gasteiger partial charge in [-0.2, -0.15) is 0 Å². The third-order valence-electron chi connectivity index (χ3n) is 1.53. The molecule has 0 fully saturated rings. The summed E-state index contributed by atoms with van der Waals surface area (Å²) in [5, 5.41) is 2.93. The highest BCUT2D eigenvalue weighted by Gasteiger charge is 2.17. The Morgan fingerprint density at radius 2 is 2.36 bits per heavy atom. The lowest BCUT2D eigenvalue weighted by molar-refractivity contribution is 0.0918. The van der Waals surface area contributed by atoms with Gasteiger partial charge in [-0.05, 0) is 19.9 Å². The van der Waals surface area contributed by atoms with E-state index in [1.54, 1.807) is 0 Å². The number of hydrogen-bond acceptors (Lipinski definition) is 3. The van der Waals surface area contributed by atoms with E-state index >= 15 is 0 Å². The van der Waals surface area contributed by atoms with E-state index in [1.807, 2.05) is 13.8 Å². The van der Waals surface area contributed by atoms with Crippen molar-refractivity contribution < 1.29 is 9.21 Å². The first-order chi connectivity index (χ1) is 6.40. The fraction of sp³-hybridized carbons (Fsp3) is 0.444. The first kappa shape index (κ1) is 11.1. The molecular weight excluding hydrogens is 204 g/mol. The van der Waals surface area contributed by atoms with Crippen LogP contribution in [0.3, 0.4) is 0 Å². The molecular formula is C9H13ClN2O2. The Labute approximate surface area is 87.4 Å². The van der Waals surface area contributed by atoms with Crippen molar-refractivity contribution in [3.8, 4) is 0 Å². The summed E-state index contributed by atoms with van der Waals surface area (Å²) < 4.78 is 4.91. The Morgan fingerprint density at radius 1 is 1.71 bits per heavy atom. The highest BCUT2D eigenvalue weighted by molar-refractivity contribution is 6.33. The van der Waals surface area contributed by atoms with E-state index in [1.165, 1.54) is 12.3 Å². The summed E-state index contributed by atoms with van der Waals surface area (Å²) in [6.45, 7) is 4.00. The molecule has 5 heteroatoms. The van der Waals surface area contributed by atoms with Crippen LogP contribution in [0, 0.1) is 0 Å². The molecule has 0 spiro atoms. The fourth-order valence-corrected chi connectivity index (χ4v) is 1.03. The van der Waals surface area contributed by atoms with Crippen LogP contribution in [-0.4, -0.2) is 18.0 Å². The second-order valence-corrected chi connectivity index (χ2v) is 4.18. The highest BCUT2D eigenvalue weighted by atomic mass is 35.5. The van der Waals surface area contributed by atoms with Gasteiger partial charge in [-0.1, -0.05) is 11.6 Å². The predicted octanol–water partition coefficient (Wildman–Crippen LogP) is 1.40. The Morgan fingerprint density at radius 3 is 2.79 bits per heavy atom. The molecule has 1 rings (SSSR count). The van der Waals surface area contributed by atoms with Crippen LogP contribution in [0.2, 0.25) is 5.02 Å². The van der Waals surface area contributed by atoms with Gasteiger partial charge in [0.05, 0.1) is 11.3 Å². The first-order valence-electron chi connectivity index (χ1n) is 4.20. The van der Waals surface area contributed by atoms with Gasteiger partial charge in [0.25, 0.3) is 5.91 Å². The molecule has 14 heavy (non-hydrogen) atoms. The molecule has 0 aliphatic rings. The Hall–Kier alpha value is -1.00. The number of nitrogens with one attached hydrogen (secondary N) is 1. The predicted molar refractivity (Wildman–Crippen MR) is 54.3 cm³/mol. The first-order valence-corrected chi connectivity index (χ1v) is 4.58. The van der Waals surface area contributed by atoms with Crippen molar-refractivity contribution >= 4 is 17.5 Å². The van der Waals surface area contributed by atoms with Crippen LogP contribution in [0.1, 0.15) is 24.4 Å². The van der Waals surface area contributed by atoms with Crippen LogP contribution < -0.4 is 11.1 Å². The molecule has 0 saturated heterocycles. The van der Waals surface area contributed by atoms with E-state index in [9.17, 15) is 4.79 Å². The number of amides is 1. The summed E-state index contributed by atoms with van der Waals surface area (Å²) in [6.07, 6.45) is 1.37. The quantitative estimate of drug-likeness (QED) is 0.803. The zero-order valence-corrected chi connectivity index (χ0v) is 8.89. The van der Waals surface area contributed by atoms with Gasteiger partial charge in [-0.15, -0.1) is 0 Å². The van der Waals surface area contributed by atoms with Crippen LogP contribution in [0.4, 0.5) is 0 Å². The van der Waals surface area contributed by atoms with Gasteiger partial charge in [0.15, 0.2) is 0 Å². The van der Waals surface area contributed by atoms with Crippen molar-refractivity contribution in [2.75, 3.05) is 6.54 Å². The Kier molecular flexibility index (Phi) is 3.18. The molecule has 0 radical (unpaired) electrons. The highest BCUT2D eigenvalue weighted by Crippen LogP contribution is 2.16. The number of hydrogen-bond donors (Lipinski definition) is 2. The number of furan rings is 1. The second-order valence-electron chi connectivity index (χ2n) is 3.77. The lowest BCUT2D eigenvalue weighted by atomic mass is 10.1. The summed E-state index contributed by atoms with van der Waals surface area (Å²) >= 11 is 5.70. The zero-order chi connectivity index (χ0) is 10.8. The average molecular weight is 217 g/mol. The van der Waals surface area contributed by atoms with E-state index in [2.05, 4.69) is 5.32 Å². The molecule has 1 amide bonds. The molecule has 0 aliphatic carbocycles. The minimum atomic E-state index is -0.450. The number of carbonyl (C=O) groups excluding carboxylic acids is 1. The van der Waals surface area contributed by atoms with Crippen LogP contribution in [0.25, 0.3) is 0 Å². The monoisotopic (exact) mass is 216 g/mol. The molecule has 0 saturated carbocycles. The topological polar surface area (TPSA) is 68.3 Å². The number of halogens is 1. The van der Waals surface area contributed by atoms with Crippen molar-refractivity contribution in [3.63, 3.8) is 0 Å². The maximum Gasteiger partial charge on any atom is 0.288 e. The lowest BCUT2D eigenvalue weighted by Crippen LogP contribution is -2.45. The molecule has 0 aliphatic heterocycles. The van der Waals surface area contributed by atoms with E-state index in [0.29, 0.717) is 11.6 Å². The molecule has 0 unspecified atom stereocenters. The van der Waals surface area contributed by atoms with Crippen molar-refractivity contribution in [3.05, 3.63) is 23.1 Å². The summed E-state index contributed by atoms with van der Waals surface area (Å²) in [7, 11) is 0. The SMILES string of the molecule is CC(C)(N)CNC(=O)c1occc1Cl. The fourth-order valence-electron chi connectivity index (χ4n) is 0.844. The van der Waals surface area contributed by atoms with Crippen LogP contribution in [-0.2, 0) is 0 Å². The van der Waals surface area contributed by atoms with Gasteiger partial charge in [-0.25, -0.2) is 0 Å². The van der Waals surface area contributed by atoms with Gasteiger partial charge in [0.1, 0.15) is 0 Å². The zero-order valence-electron chi connectivity index (χ0n) is 8.13. The van der Waals surface area contributed by atoms with E-state index < -0.39 is 5.54 Å². The van der Waals surface area contributed by atoms with E-state index in [0.717, 1.165) is 0 Å². The number of rotatable bonds is 3. The minimum absolute atomic E-state index is 0.121. The summed E-state index contributed by atoms with van der Waals surface area (Å²) in [5.74, 6) is -0.227. The van der Waals surface area contributed by atoms with Gasteiger partial charge in [0, 0.05) is 12.1 Å². The minimum Gasteiger partial charge on any atom is -0.458 e. The van der Waals surface area contributed by atoms with Crippen molar-refractivity contribution in [1.29, 1.82) is 0 Å². The third kappa shape index (κ3) is 3.05.